The highest BCUT2D eigenvalue weighted by molar-refractivity contribution is 7.90. The van der Waals surface area contributed by atoms with Crippen LogP contribution in [0.5, 0.6) is 0 Å². The minimum Gasteiger partial charge on any atom is -0.364 e. The van der Waals surface area contributed by atoms with Crippen molar-refractivity contribution in [2.75, 3.05) is 19.4 Å². The second-order valence-electron chi connectivity index (χ2n) is 8.76. The van der Waals surface area contributed by atoms with Gasteiger partial charge >= 0.3 is 6.03 Å². The van der Waals surface area contributed by atoms with Crippen LogP contribution in [-0.4, -0.2) is 54.1 Å². The van der Waals surface area contributed by atoms with Gasteiger partial charge in [-0.15, -0.1) is 0 Å². The van der Waals surface area contributed by atoms with Crippen LogP contribution in [-0.2, 0) is 23.6 Å². The third kappa shape index (κ3) is 6.04. The van der Waals surface area contributed by atoms with Gasteiger partial charge in [0, 0.05) is 31.4 Å². The van der Waals surface area contributed by atoms with E-state index in [4.69, 9.17) is 5.73 Å². The molecule has 0 atom stereocenters. The number of sulfonamides is 1. The quantitative estimate of drug-likeness (QED) is 0.415. The van der Waals surface area contributed by atoms with Gasteiger partial charge in [-0.2, -0.15) is 13.5 Å². The molecule has 3 aromatic rings. The van der Waals surface area contributed by atoms with E-state index in [2.05, 4.69) is 15.4 Å². The fraction of sp³-hybridized carbons (Fsp3) is 0.304. The number of nitrogens with zero attached hydrogens (tertiary/aromatic N) is 4. The second kappa shape index (κ2) is 10.4. The molecule has 0 unspecified atom stereocenters. The molecule has 3 amide bonds. The molecule has 3 rings (SSSR count). The van der Waals surface area contributed by atoms with Crippen LogP contribution >= 0.6 is 0 Å². The van der Waals surface area contributed by atoms with Gasteiger partial charge in [0.15, 0.2) is 5.03 Å². The Labute approximate surface area is 208 Å². The lowest BCUT2D eigenvalue weighted by molar-refractivity contribution is 0.0995. The molecular formula is C23H28FN7O4S. The highest BCUT2D eigenvalue weighted by atomic mass is 32.2. The van der Waals surface area contributed by atoms with E-state index in [-0.39, 0.29) is 27.9 Å². The van der Waals surface area contributed by atoms with Crippen LogP contribution in [0.15, 0.2) is 41.6 Å². The molecule has 0 saturated heterocycles. The van der Waals surface area contributed by atoms with Crippen molar-refractivity contribution in [2.45, 2.75) is 31.3 Å². The Morgan fingerprint density at radius 1 is 1.19 bits per heavy atom. The zero-order chi connectivity index (χ0) is 26.8. The molecule has 0 radical (unpaired) electrons. The maximum absolute atomic E-state index is 14.5. The third-order valence-electron chi connectivity index (χ3n) is 5.25. The summed E-state index contributed by atoms with van der Waals surface area (Å²) in [7, 11) is 0.948. The minimum absolute atomic E-state index is 0.0514. The number of nitrogens with two attached hydrogens (primary N) is 1. The Kier molecular flexibility index (Phi) is 7.74. The summed E-state index contributed by atoms with van der Waals surface area (Å²) in [5, 5.41) is 6.22. The van der Waals surface area contributed by atoms with Crippen molar-refractivity contribution in [3.05, 3.63) is 59.3 Å². The van der Waals surface area contributed by atoms with Gasteiger partial charge in [0.25, 0.3) is 15.9 Å². The predicted octanol–water partition coefficient (Wildman–Crippen LogP) is 2.42. The number of hydrogen-bond donors (Lipinski definition) is 3. The van der Waals surface area contributed by atoms with Crippen molar-refractivity contribution < 1.29 is 22.4 Å². The second-order valence-corrected chi connectivity index (χ2v) is 10.4. The summed E-state index contributed by atoms with van der Waals surface area (Å²) in [6, 6.07) is 5.62. The van der Waals surface area contributed by atoms with E-state index in [9.17, 15) is 22.4 Å². The molecule has 0 aliphatic carbocycles. The number of primary amides is 1. The fourth-order valence-corrected chi connectivity index (χ4v) is 4.50. The number of rotatable bonds is 8. The normalized spacial score (nSPS) is 11.7. The van der Waals surface area contributed by atoms with Gasteiger partial charge in [0.1, 0.15) is 11.5 Å². The van der Waals surface area contributed by atoms with Crippen LogP contribution in [0.25, 0.3) is 11.1 Å². The van der Waals surface area contributed by atoms with Crippen molar-refractivity contribution in [3.63, 3.8) is 0 Å². The Morgan fingerprint density at radius 2 is 1.89 bits per heavy atom. The van der Waals surface area contributed by atoms with E-state index in [1.54, 1.807) is 20.9 Å². The lowest BCUT2D eigenvalue weighted by Crippen LogP contribution is -2.35. The number of pyridine rings is 1. The van der Waals surface area contributed by atoms with Gasteiger partial charge in [0.05, 0.1) is 11.4 Å². The number of hydrogen-bond acceptors (Lipinski definition) is 7. The average molecular weight is 518 g/mol. The van der Waals surface area contributed by atoms with E-state index in [1.165, 1.54) is 41.2 Å². The number of benzene rings is 1. The molecule has 36 heavy (non-hydrogen) atoms. The molecule has 0 spiro atoms. The number of anilines is 1. The zero-order valence-electron chi connectivity index (χ0n) is 20.5. The summed E-state index contributed by atoms with van der Waals surface area (Å²) in [4.78, 5) is 30.2. The van der Waals surface area contributed by atoms with Gasteiger partial charge in [-0.1, -0.05) is 13.8 Å². The van der Waals surface area contributed by atoms with Gasteiger partial charge in [0.2, 0.25) is 0 Å². The maximum Gasteiger partial charge on any atom is 0.333 e. The summed E-state index contributed by atoms with van der Waals surface area (Å²) >= 11 is 0. The number of aromatic nitrogens is 3. The standard InChI is InChI=1S/C23H28FN7O4S/c1-13(2)17-9-15(24)10-18(14-6-7-26-19(8-14)22(25)32)21(17)27-23(33)29-36(34,35)20-11-16(12-30(3)4)31(5)28-20/h6-11,13H,12H2,1-5H3,(H2,25,32)(H2,27,29,33). The number of halogens is 1. The first kappa shape index (κ1) is 26.8. The molecule has 0 aliphatic heterocycles. The smallest absolute Gasteiger partial charge is 0.333 e. The first-order valence-corrected chi connectivity index (χ1v) is 12.4. The van der Waals surface area contributed by atoms with Crippen LogP contribution in [0.1, 0.15) is 41.5 Å². The van der Waals surface area contributed by atoms with Crippen LogP contribution in [0, 0.1) is 5.82 Å². The van der Waals surface area contributed by atoms with Crippen LogP contribution < -0.4 is 15.8 Å². The van der Waals surface area contributed by atoms with Crippen LogP contribution in [0.3, 0.4) is 0 Å². The molecule has 0 aliphatic rings. The number of urea groups is 1. The SMILES string of the molecule is CC(C)c1cc(F)cc(-c2ccnc(C(N)=O)c2)c1NC(=O)NS(=O)(=O)c1cc(CN(C)C)n(C)n1. The molecule has 0 fully saturated rings. The summed E-state index contributed by atoms with van der Waals surface area (Å²) in [5.41, 5.74) is 7.07. The number of amides is 3. The van der Waals surface area contributed by atoms with Crippen molar-refractivity contribution in [1.82, 2.24) is 24.4 Å². The lowest BCUT2D eigenvalue weighted by atomic mass is 9.94. The summed E-state index contributed by atoms with van der Waals surface area (Å²) < 4.78 is 43.6. The lowest BCUT2D eigenvalue weighted by Gasteiger charge is -2.19. The molecule has 2 heterocycles. The molecule has 11 nitrogen and oxygen atoms in total. The third-order valence-corrected chi connectivity index (χ3v) is 6.46. The van der Waals surface area contributed by atoms with Crippen molar-refractivity contribution in [2.24, 2.45) is 12.8 Å². The summed E-state index contributed by atoms with van der Waals surface area (Å²) in [6.07, 6.45) is 1.33. The van der Waals surface area contributed by atoms with E-state index in [0.717, 1.165) is 0 Å². The van der Waals surface area contributed by atoms with Gasteiger partial charge in [-0.05, 0) is 55.4 Å². The number of aryl methyl sites for hydroxylation is 1. The first-order chi connectivity index (χ1) is 16.8. The molecule has 0 bridgehead atoms. The van der Waals surface area contributed by atoms with Gasteiger partial charge < -0.3 is 16.0 Å². The highest BCUT2D eigenvalue weighted by Gasteiger charge is 2.25. The zero-order valence-corrected chi connectivity index (χ0v) is 21.4. The molecule has 2 aromatic heterocycles. The predicted molar refractivity (Wildman–Crippen MR) is 132 cm³/mol. The molecule has 0 saturated carbocycles. The number of carbonyl (C=O) groups excluding carboxylic acids is 2. The Morgan fingerprint density at radius 3 is 2.50 bits per heavy atom. The van der Waals surface area contributed by atoms with Crippen LogP contribution in [0.4, 0.5) is 14.9 Å². The van der Waals surface area contributed by atoms with Crippen molar-refractivity contribution >= 4 is 27.6 Å². The minimum atomic E-state index is -4.31. The Hall–Kier alpha value is -3.84. The molecule has 192 valence electrons. The molecular weight excluding hydrogens is 489 g/mol. The van der Waals surface area contributed by atoms with Gasteiger partial charge in [-0.3, -0.25) is 14.5 Å². The highest BCUT2D eigenvalue weighted by Crippen LogP contribution is 2.36. The number of carbonyl (C=O) groups is 2. The number of nitrogens with one attached hydrogen (secondary N) is 2. The summed E-state index contributed by atoms with van der Waals surface area (Å²) in [6.45, 7) is 4.03. The van der Waals surface area contributed by atoms with Crippen molar-refractivity contribution in [1.29, 1.82) is 0 Å². The van der Waals surface area contributed by atoms with E-state index in [0.29, 0.717) is 23.4 Å². The molecule has 13 heteroatoms. The van der Waals surface area contributed by atoms with Crippen molar-refractivity contribution in [3.8, 4) is 11.1 Å². The first-order valence-electron chi connectivity index (χ1n) is 10.9. The largest absolute Gasteiger partial charge is 0.364 e. The Bertz CT molecular complexity index is 1420. The van der Waals surface area contributed by atoms with Crippen LogP contribution in [0.2, 0.25) is 0 Å². The molecule has 4 N–H and O–H groups in total. The summed E-state index contributed by atoms with van der Waals surface area (Å²) in [5.74, 6) is -1.60. The average Bonchev–Trinajstić information content (AvgIpc) is 3.14. The van der Waals surface area contributed by atoms with E-state index < -0.39 is 27.8 Å². The fourth-order valence-electron chi connectivity index (χ4n) is 3.58. The van der Waals surface area contributed by atoms with Gasteiger partial charge in [-0.25, -0.2) is 13.9 Å². The van der Waals surface area contributed by atoms with E-state index in [1.807, 2.05) is 23.7 Å². The topological polar surface area (TPSA) is 152 Å². The monoisotopic (exact) mass is 517 g/mol. The van der Waals surface area contributed by atoms with E-state index >= 15 is 0 Å². The molecule has 1 aromatic carbocycles. The maximum atomic E-state index is 14.5. The Balaban J connectivity index is 1.98.